The zero-order valence-electron chi connectivity index (χ0n) is 8.15. The van der Waals surface area contributed by atoms with Crippen molar-refractivity contribution in [1.29, 1.82) is 0 Å². The number of halogens is 1. The lowest BCUT2D eigenvalue weighted by Gasteiger charge is -2.15. The second kappa shape index (κ2) is 7.84. The van der Waals surface area contributed by atoms with Crippen molar-refractivity contribution in [2.45, 2.75) is 45.6 Å². The Morgan fingerprint density at radius 2 is 1.92 bits per heavy atom. The van der Waals surface area contributed by atoms with Crippen molar-refractivity contribution >= 4 is 11.6 Å². The summed E-state index contributed by atoms with van der Waals surface area (Å²) in [6.07, 6.45) is 4.53. The van der Waals surface area contributed by atoms with Gasteiger partial charge in [0.25, 0.3) is 0 Å². The average Bonchev–Trinajstić information content (AvgIpc) is 2.05. The van der Waals surface area contributed by atoms with Crippen molar-refractivity contribution in [3.05, 3.63) is 0 Å². The second-order valence-corrected chi connectivity index (χ2v) is 4.04. The molecule has 0 aliphatic rings. The molecule has 3 N–H and O–H groups in total. The van der Waals surface area contributed by atoms with E-state index in [1.54, 1.807) is 0 Å². The summed E-state index contributed by atoms with van der Waals surface area (Å²) >= 11 is 5.60. The van der Waals surface area contributed by atoms with E-state index in [0.29, 0.717) is 6.04 Å². The highest BCUT2D eigenvalue weighted by Gasteiger charge is 2.06. The molecule has 0 fully saturated rings. The number of hydrazine groups is 1. The minimum atomic E-state index is 0.450. The van der Waals surface area contributed by atoms with Gasteiger partial charge in [-0.3, -0.25) is 11.3 Å². The molecule has 0 aliphatic carbocycles. The molecule has 1 unspecified atom stereocenters. The lowest BCUT2D eigenvalue weighted by atomic mass is 10.0. The van der Waals surface area contributed by atoms with E-state index in [1.807, 2.05) is 0 Å². The van der Waals surface area contributed by atoms with Gasteiger partial charge in [0.1, 0.15) is 0 Å². The summed E-state index contributed by atoms with van der Waals surface area (Å²) in [5.41, 5.74) is 2.83. The third-order valence-electron chi connectivity index (χ3n) is 2.01. The molecule has 2 nitrogen and oxygen atoms in total. The molecule has 0 aromatic heterocycles. The standard InChI is InChI=1S/C9H21ClN2/c1-8(2)5-6-9(12-11)4-3-7-10/h8-9,12H,3-7,11H2,1-2H3. The molecule has 74 valence electrons. The summed E-state index contributed by atoms with van der Waals surface area (Å²) in [7, 11) is 0. The Morgan fingerprint density at radius 1 is 1.25 bits per heavy atom. The summed E-state index contributed by atoms with van der Waals surface area (Å²) in [5.74, 6) is 6.90. The predicted molar refractivity (Wildman–Crippen MR) is 55.1 cm³/mol. The van der Waals surface area contributed by atoms with E-state index in [4.69, 9.17) is 17.4 Å². The van der Waals surface area contributed by atoms with Crippen LogP contribution in [0.3, 0.4) is 0 Å². The zero-order chi connectivity index (χ0) is 9.40. The lowest BCUT2D eigenvalue weighted by molar-refractivity contribution is 0.414. The molecule has 0 aromatic rings. The summed E-state index contributed by atoms with van der Waals surface area (Å²) in [6, 6.07) is 0.450. The van der Waals surface area contributed by atoms with Crippen LogP contribution in [0.5, 0.6) is 0 Å². The Morgan fingerprint density at radius 3 is 2.33 bits per heavy atom. The van der Waals surface area contributed by atoms with Gasteiger partial charge in [0.05, 0.1) is 0 Å². The van der Waals surface area contributed by atoms with Crippen LogP contribution in [-0.2, 0) is 0 Å². The van der Waals surface area contributed by atoms with Crippen molar-refractivity contribution in [2.24, 2.45) is 11.8 Å². The van der Waals surface area contributed by atoms with Gasteiger partial charge in [0, 0.05) is 11.9 Å². The molecule has 0 aromatic carbocycles. The molecule has 12 heavy (non-hydrogen) atoms. The topological polar surface area (TPSA) is 38.0 Å². The number of nitrogens with two attached hydrogens (primary N) is 1. The molecule has 0 radical (unpaired) electrons. The van der Waals surface area contributed by atoms with Crippen LogP contribution >= 0.6 is 11.6 Å². The fraction of sp³-hybridized carbons (Fsp3) is 1.00. The van der Waals surface area contributed by atoms with Crippen LogP contribution in [0.1, 0.15) is 39.5 Å². The summed E-state index contributed by atoms with van der Waals surface area (Å²) in [5, 5.41) is 0. The number of alkyl halides is 1. The first-order chi connectivity index (χ1) is 5.70. The Hall–Kier alpha value is 0.210. The van der Waals surface area contributed by atoms with Gasteiger partial charge in [-0.15, -0.1) is 11.6 Å². The maximum Gasteiger partial charge on any atom is 0.0224 e. The van der Waals surface area contributed by atoms with Gasteiger partial charge >= 0.3 is 0 Å². The maximum atomic E-state index is 5.60. The summed E-state index contributed by atoms with van der Waals surface area (Å²) < 4.78 is 0. The quantitative estimate of drug-likeness (QED) is 0.369. The summed E-state index contributed by atoms with van der Waals surface area (Å²) in [6.45, 7) is 4.46. The van der Waals surface area contributed by atoms with Gasteiger partial charge in [-0.1, -0.05) is 13.8 Å². The fourth-order valence-corrected chi connectivity index (χ4v) is 1.32. The number of hydrogen-bond acceptors (Lipinski definition) is 2. The molecule has 0 bridgehead atoms. The first-order valence-corrected chi connectivity index (χ1v) is 5.26. The van der Waals surface area contributed by atoms with Gasteiger partial charge < -0.3 is 0 Å². The Balaban J connectivity index is 3.39. The first kappa shape index (κ1) is 12.2. The van der Waals surface area contributed by atoms with Crippen LogP contribution in [0, 0.1) is 5.92 Å². The van der Waals surface area contributed by atoms with Crippen LogP contribution in [0.2, 0.25) is 0 Å². The van der Waals surface area contributed by atoms with Crippen molar-refractivity contribution < 1.29 is 0 Å². The molecule has 1 atom stereocenters. The Labute approximate surface area is 80.8 Å². The van der Waals surface area contributed by atoms with Crippen molar-refractivity contribution in [3.8, 4) is 0 Å². The third kappa shape index (κ3) is 6.89. The molecule has 0 amide bonds. The first-order valence-electron chi connectivity index (χ1n) is 4.72. The molecule has 0 rings (SSSR count). The van der Waals surface area contributed by atoms with E-state index in [-0.39, 0.29) is 0 Å². The number of nitrogens with one attached hydrogen (secondary N) is 1. The van der Waals surface area contributed by atoms with Gasteiger partial charge in [0.2, 0.25) is 0 Å². The average molecular weight is 193 g/mol. The second-order valence-electron chi connectivity index (χ2n) is 3.67. The van der Waals surface area contributed by atoms with Gasteiger partial charge in [-0.05, 0) is 31.6 Å². The lowest BCUT2D eigenvalue weighted by Crippen LogP contribution is -2.35. The number of rotatable bonds is 7. The fourth-order valence-electron chi connectivity index (χ4n) is 1.17. The van der Waals surface area contributed by atoms with Crippen LogP contribution < -0.4 is 11.3 Å². The van der Waals surface area contributed by atoms with Crippen LogP contribution in [0.15, 0.2) is 0 Å². The molecule has 0 spiro atoms. The highest BCUT2D eigenvalue weighted by Crippen LogP contribution is 2.10. The van der Waals surface area contributed by atoms with E-state index >= 15 is 0 Å². The van der Waals surface area contributed by atoms with E-state index in [2.05, 4.69) is 19.3 Å². The van der Waals surface area contributed by atoms with Gasteiger partial charge in [0.15, 0.2) is 0 Å². The van der Waals surface area contributed by atoms with E-state index in [9.17, 15) is 0 Å². The molecule has 0 heterocycles. The van der Waals surface area contributed by atoms with E-state index in [1.165, 1.54) is 6.42 Å². The zero-order valence-corrected chi connectivity index (χ0v) is 8.90. The van der Waals surface area contributed by atoms with Gasteiger partial charge in [-0.25, -0.2) is 0 Å². The van der Waals surface area contributed by atoms with Crippen molar-refractivity contribution in [3.63, 3.8) is 0 Å². The summed E-state index contributed by atoms with van der Waals surface area (Å²) in [4.78, 5) is 0. The predicted octanol–water partition coefficient (Wildman–Crippen LogP) is 2.27. The van der Waals surface area contributed by atoms with Crippen LogP contribution in [-0.4, -0.2) is 11.9 Å². The minimum Gasteiger partial charge on any atom is -0.271 e. The monoisotopic (exact) mass is 192 g/mol. The SMILES string of the molecule is CC(C)CCC(CCCCl)NN. The van der Waals surface area contributed by atoms with E-state index < -0.39 is 0 Å². The molecule has 0 aliphatic heterocycles. The van der Waals surface area contributed by atoms with Crippen LogP contribution in [0.25, 0.3) is 0 Å². The molecule has 0 saturated carbocycles. The van der Waals surface area contributed by atoms with Crippen LogP contribution in [0.4, 0.5) is 0 Å². The maximum absolute atomic E-state index is 5.60. The normalized spacial score (nSPS) is 13.8. The molecular formula is C9H21ClN2. The highest BCUT2D eigenvalue weighted by atomic mass is 35.5. The minimum absolute atomic E-state index is 0.450. The third-order valence-corrected chi connectivity index (χ3v) is 2.28. The smallest absolute Gasteiger partial charge is 0.0224 e. The Kier molecular flexibility index (Phi) is 7.98. The number of hydrogen-bond donors (Lipinski definition) is 2. The molecular weight excluding hydrogens is 172 g/mol. The molecule has 3 heteroatoms. The van der Waals surface area contributed by atoms with Gasteiger partial charge in [-0.2, -0.15) is 0 Å². The van der Waals surface area contributed by atoms with E-state index in [0.717, 1.165) is 31.1 Å². The van der Waals surface area contributed by atoms with Crippen molar-refractivity contribution in [2.75, 3.05) is 5.88 Å². The van der Waals surface area contributed by atoms with Crippen molar-refractivity contribution in [1.82, 2.24) is 5.43 Å². The molecule has 0 saturated heterocycles. The Bertz CT molecular complexity index is 96.5. The highest BCUT2D eigenvalue weighted by molar-refractivity contribution is 6.17. The largest absolute Gasteiger partial charge is 0.271 e.